The fourth-order valence-corrected chi connectivity index (χ4v) is 12.0. The average Bonchev–Trinajstić information content (AvgIpc) is 3.73. The highest BCUT2D eigenvalue weighted by Gasteiger charge is 2.35. The third-order valence-electron chi connectivity index (χ3n) is 11.3. The number of rotatable bonds is 9. The quantitative estimate of drug-likeness (QED) is 0.128. The van der Waals surface area contributed by atoms with E-state index in [1.807, 2.05) is 53.9 Å². The van der Waals surface area contributed by atoms with Crippen LogP contribution >= 0.6 is 34.4 Å². The molecule has 6 heterocycles. The van der Waals surface area contributed by atoms with Crippen LogP contribution in [-0.4, -0.2) is 52.3 Å². The zero-order valence-corrected chi connectivity index (χ0v) is 34.7. The normalized spacial score (nSPS) is 14.6. The summed E-state index contributed by atoms with van der Waals surface area (Å²) in [6.07, 6.45) is 4.87. The third-order valence-corrected chi connectivity index (χ3v) is 14.6. The number of carboxylic acids is 2. The first-order valence-corrected chi connectivity index (χ1v) is 22.4. The summed E-state index contributed by atoms with van der Waals surface area (Å²) in [6, 6.07) is 35.4. The number of nitrogens with one attached hydrogen (secondary N) is 1. The molecule has 0 unspecified atom stereocenters. The summed E-state index contributed by atoms with van der Waals surface area (Å²) in [5.41, 5.74) is 6.09. The van der Waals surface area contributed by atoms with E-state index < -0.39 is 18.0 Å². The summed E-state index contributed by atoms with van der Waals surface area (Å²) >= 11 is 4.38. The molecule has 0 radical (unpaired) electrons. The Morgan fingerprint density at radius 2 is 1.43 bits per heavy atom. The van der Waals surface area contributed by atoms with Crippen molar-refractivity contribution in [3.05, 3.63) is 175 Å². The number of benzene rings is 4. The zero-order valence-electron chi connectivity index (χ0n) is 32.3. The van der Waals surface area contributed by atoms with E-state index in [0.29, 0.717) is 39.9 Å². The maximum absolute atomic E-state index is 13.2. The summed E-state index contributed by atoms with van der Waals surface area (Å²) in [4.78, 5) is 52.1. The number of thioether (sulfide) groups is 1. The maximum atomic E-state index is 13.2. The number of aromatic carboxylic acids is 1. The van der Waals surface area contributed by atoms with Crippen molar-refractivity contribution in [3.8, 4) is 21.0 Å². The number of aliphatic carboxylic acids is 1. The second kappa shape index (κ2) is 15.8. The topological polar surface area (TPSA) is 160 Å². The van der Waals surface area contributed by atoms with Crippen molar-refractivity contribution in [2.75, 3.05) is 5.75 Å². The summed E-state index contributed by atoms with van der Waals surface area (Å²) in [5.74, 6) is -1.40. The zero-order chi connectivity index (χ0) is 41.8. The molecule has 4 aromatic carbocycles. The molecule has 3 N–H and O–H groups in total. The van der Waals surface area contributed by atoms with Gasteiger partial charge in [0.15, 0.2) is 5.69 Å². The molecular formula is C47H35N5O6S3. The van der Waals surface area contributed by atoms with E-state index in [0.717, 1.165) is 66.9 Å². The predicted octanol–water partition coefficient (Wildman–Crippen LogP) is 9.52. The number of thiophene rings is 1. The molecule has 14 heteroatoms. The predicted molar refractivity (Wildman–Crippen MR) is 241 cm³/mol. The second-order valence-corrected chi connectivity index (χ2v) is 18.1. The average molecular weight is 862 g/mol. The van der Waals surface area contributed by atoms with Gasteiger partial charge in [0, 0.05) is 28.3 Å². The number of aromatic nitrogens is 5. The number of hydrogen-bond donors (Lipinski definition) is 3. The molecule has 1 aliphatic carbocycles. The number of thiazole rings is 1. The van der Waals surface area contributed by atoms with Crippen LogP contribution in [0.25, 0.3) is 47.4 Å². The lowest BCUT2D eigenvalue weighted by Crippen LogP contribution is -2.29. The summed E-state index contributed by atoms with van der Waals surface area (Å²) in [6.45, 7) is 0. The molecule has 302 valence electrons. The van der Waals surface area contributed by atoms with Crippen molar-refractivity contribution in [2.24, 2.45) is 0 Å². The minimum Gasteiger partial charge on any atom is -0.480 e. The number of nitrogens with zero attached hydrogens (tertiary/aromatic N) is 4. The molecule has 0 spiro atoms. The number of carboxylic acid groups (broad SMARTS) is 2. The molecular weight excluding hydrogens is 827 g/mol. The minimum absolute atomic E-state index is 0.0532. The molecule has 2 aliphatic rings. The van der Waals surface area contributed by atoms with E-state index >= 15 is 0 Å². The first kappa shape index (κ1) is 38.6. The van der Waals surface area contributed by atoms with Gasteiger partial charge in [-0.1, -0.05) is 96.2 Å². The van der Waals surface area contributed by atoms with Gasteiger partial charge in [0.25, 0.3) is 11.1 Å². The lowest BCUT2D eigenvalue weighted by molar-refractivity contribution is -0.140. The molecule has 1 atom stereocenters. The fourth-order valence-electron chi connectivity index (χ4n) is 8.47. The highest BCUT2D eigenvalue weighted by Crippen LogP contribution is 2.47. The van der Waals surface area contributed by atoms with Crippen molar-refractivity contribution in [1.29, 1.82) is 0 Å². The molecule has 0 amide bonds. The lowest BCUT2D eigenvalue weighted by atomic mass is 9.95. The molecule has 61 heavy (non-hydrogen) atoms. The van der Waals surface area contributed by atoms with Crippen LogP contribution in [0.3, 0.4) is 0 Å². The van der Waals surface area contributed by atoms with Gasteiger partial charge in [0.2, 0.25) is 0 Å². The Bertz CT molecular complexity index is 3280. The summed E-state index contributed by atoms with van der Waals surface area (Å²) in [7, 11) is 0. The van der Waals surface area contributed by atoms with Crippen LogP contribution in [0.15, 0.2) is 135 Å². The van der Waals surface area contributed by atoms with Gasteiger partial charge >= 0.3 is 11.9 Å². The molecule has 1 fully saturated rings. The monoisotopic (exact) mass is 861 g/mol. The highest BCUT2D eigenvalue weighted by atomic mass is 32.2. The molecule has 1 saturated carbocycles. The van der Waals surface area contributed by atoms with E-state index in [9.17, 15) is 29.4 Å². The van der Waals surface area contributed by atoms with Gasteiger partial charge in [0.05, 0.1) is 16.1 Å². The van der Waals surface area contributed by atoms with Gasteiger partial charge in [-0.3, -0.25) is 23.7 Å². The molecule has 5 aromatic heterocycles. The minimum atomic E-state index is -1.15. The van der Waals surface area contributed by atoms with Crippen LogP contribution in [0.2, 0.25) is 0 Å². The summed E-state index contributed by atoms with van der Waals surface area (Å²) in [5, 5.41) is 37.3. The Kier molecular flexibility index (Phi) is 9.98. The molecule has 0 bridgehead atoms. The van der Waals surface area contributed by atoms with Crippen molar-refractivity contribution in [1.82, 2.24) is 24.4 Å². The van der Waals surface area contributed by atoms with Gasteiger partial charge in [-0.15, -0.1) is 39.5 Å². The first-order valence-electron chi connectivity index (χ1n) is 19.7. The number of carbonyl (C=O) groups is 2. The van der Waals surface area contributed by atoms with Crippen molar-refractivity contribution in [3.63, 3.8) is 0 Å². The second-order valence-electron chi connectivity index (χ2n) is 15.1. The Morgan fingerprint density at radius 3 is 2.03 bits per heavy atom. The Hall–Kier alpha value is -6.61. The fraction of sp³-hybridized carbons (Fsp3) is 0.149. The van der Waals surface area contributed by atoms with Crippen LogP contribution in [0.5, 0.6) is 0 Å². The van der Waals surface area contributed by atoms with E-state index in [2.05, 4.69) is 63.9 Å². The van der Waals surface area contributed by atoms with Gasteiger partial charge in [-0.05, 0) is 92.4 Å². The first-order chi connectivity index (χ1) is 29.7. The van der Waals surface area contributed by atoms with E-state index in [1.54, 1.807) is 29.7 Å². The largest absolute Gasteiger partial charge is 0.480 e. The van der Waals surface area contributed by atoms with Crippen LogP contribution in [0.4, 0.5) is 0 Å². The summed E-state index contributed by atoms with van der Waals surface area (Å²) < 4.78 is 2.80. The van der Waals surface area contributed by atoms with Crippen molar-refractivity contribution >= 4 is 72.7 Å². The molecule has 0 saturated heterocycles. The Balaban J connectivity index is 0.000000147. The van der Waals surface area contributed by atoms with Crippen LogP contribution in [0.1, 0.15) is 63.1 Å². The number of H-pyrrole nitrogens is 1. The van der Waals surface area contributed by atoms with E-state index in [1.165, 1.54) is 42.8 Å². The molecule has 11 rings (SSSR count). The smallest absolute Gasteiger partial charge is 0.354 e. The van der Waals surface area contributed by atoms with Crippen LogP contribution in [0, 0.1) is 0 Å². The van der Waals surface area contributed by atoms with E-state index in [-0.39, 0.29) is 16.8 Å². The maximum Gasteiger partial charge on any atom is 0.354 e. The van der Waals surface area contributed by atoms with Gasteiger partial charge in [0.1, 0.15) is 16.6 Å². The van der Waals surface area contributed by atoms with Crippen LogP contribution in [-0.2, 0) is 17.6 Å². The Labute approximate surface area is 359 Å². The van der Waals surface area contributed by atoms with Crippen molar-refractivity contribution in [2.45, 2.75) is 42.7 Å². The van der Waals surface area contributed by atoms with Gasteiger partial charge in [-0.25, -0.2) is 9.59 Å². The number of pyridine rings is 2. The third kappa shape index (κ3) is 7.05. The molecule has 9 aromatic rings. The molecule has 11 nitrogen and oxygen atoms in total. The van der Waals surface area contributed by atoms with E-state index in [4.69, 9.17) is 0 Å². The number of aromatic amines is 1. The van der Waals surface area contributed by atoms with Crippen LogP contribution < -0.4 is 11.1 Å². The number of fused-ring (bicyclic) bond motifs is 4. The van der Waals surface area contributed by atoms with Crippen molar-refractivity contribution < 1.29 is 19.8 Å². The standard InChI is InChI=1S/C24H18N4O3S.C23H17NO3S2/c29-19-11-16(10-15-6-3-5-13-4-1-2-7-17(13)15)20(14-8-9-14)23-28(19)21(24(30)31)22(32-23)18-12-25-27-26-18;25-20-12-16(11-15-7-3-6-14-5-1-2-8-17(14)15)21(19-9-4-10-28-19)22-24(20)18(13-29-22)23(26)27/h1-7,11-12,14H,8-10H2,(H,30,31)(H,25,26,27);1-10,12,18H,11,13H2,(H,26,27)/t;18-/m.0/s1. The SMILES string of the molecule is O=C(O)[C@@H]1CSc2c(-c3cccs3)c(Cc3cccc4ccccc34)cc(=O)n21.O=C(O)c1c(-c2c[nH]nn2)sc2c(C3CC3)c(Cc3cccc4ccccc34)cc(=O)n12. The lowest BCUT2D eigenvalue weighted by Gasteiger charge is -2.16. The van der Waals surface area contributed by atoms with Gasteiger partial charge < -0.3 is 10.2 Å². The highest BCUT2D eigenvalue weighted by molar-refractivity contribution is 7.99. The number of hydrogen-bond acceptors (Lipinski definition) is 9. The Morgan fingerprint density at radius 1 is 0.770 bits per heavy atom. The van der Waals surface area contributed by atoms with Gasteiger partial charge in [-0.2, -0.15) is 0 Å². The molecule has 1 aliphatic heterocycles.